The van der Waals surface area contributed by atoms with Crippen LogP contribution >= 0.6 is 0 Å². The van der Waals surface area contributed by atoms with Crippen LogP contribution in [0.3, 0.4) is 0 Å². The minimum absolute atomic E-state index is 0.0722. The zero-order valence-electron chi connectivity index (χ0n) is 9.46. The van der Waals surface area contributed by atoms with Crippen molar-refractivity contribution in [3.05, 3.63) is 0 Å². The fourth-order valence-electron chi connectivity index (χ4n) is 1.91. The Bertz CT molecular complexity index is 189. The van der Waals surface area contributed by atoms with Crippen molar-refractivity contribution in [2.75, 3.05) is 19.6 Å². The third kappa shape index (κ3) is 5.14. The molecular weight excluding hydrogens is 192 g/mol. The first-order chi connectivity index (χ1) is 7.22. The zero-order valence-corrected chi connectivity index (χ0v) is 9.46. The SMILES string of the molecule is CCNCC(=O)NCC1CCC(O)CC1. The largest absolute Gasteiger partial charge is 0.393 e. The molecule has 0 heterocycles. The van der Waals surface area contributed by atoms with Crippen LogP contribution in [-0.2, 0) is 4.79 Å². The quantitative estimate of drug-likeness (QED) is 0.615. The first kappa shape index (κ1) is 12.5. The topological polar surface area (TPSA) is 61.4 Å². The highest BCUT2D eigenvalue weighted by Crippen LogP contribution is 2.23. The molecule has 1 aliphatic rings. The highest BCUT2D eigenvalue weighted by atomic mass is 16.3. The lowest BCUT2D eigenvalue weighted by Gasteiger charge is -2.25. The Balaban J connectivity index is 2.06. The van der Waals surface area contributed by atoms with Crippen LogP contribution in [-0.4, -0.2) is 36.8 Å². The van der Waals surface area contributed by atoms with Gasteiger partial charge in [0.2, 0.25) is 5.91 Å². The van der Waals surface area contributed by atoms with E-state index < -0.39 is 0 Å². The maximum atomic E-state index is 11.3. The van der Waals surface area contributed by atoms with Crippen molar-refractivity contribution in [2.45, 2.75) is 38.7 Å². The maximum Gasteiger partial charge on any atom is 0.233 e. The van der Waals surface area contributed by atoms with E-state index in [9.17, 15) is 9.90 Å². The molecule has 1 rings (SSSR count). The van der Waals surface area contributed by atoms with Crippen molar-refractivity contribution in [2.24, 2.45) is 5.92 Å². The second kappa shape index (κ2) is 6.80. The third-order valence-electron chi connectivity index (χ3n) is 2.94. The molecule has 1 saturated carbocycles. The Morgan fingerprint density at radius 3 is 2.60 bits per heavy atom. The number of aliphatic hydroxyl groups is 1. The number of rotatable bonds is 5. The summed E-state index contributed by atoms with van der Waals surface area (Å²) in [6.07, 6.45) is 3.71. The molecule has 0 unspecified atom stereocenters. The smallest absolute Gasteiger partial charge is 0.233 e. The second-order valence-corrected chi connectivity index (χ2v) is 4.26. The van der Waals surface area contributed by atoms with Gasteiger partial charge in [-0.3, -0.25) is 4.79 Å². The summed E-state index contributed by atoms with van der Waals surface area (Å²) in [6.45, 7) is 3.97. The molecule has 3 N–H and O–H groups in total. The van der Waals surface area contributed by atoms with Gasteiger partial charge in [-0.1, -0.05) is 6.92 Å². The first-order valence-electron chi connectivity index (χ1n) is 5.87. The summed E-state index contributed by atoms with van der Waals surface area (Å²) in [4.78, 5) is 11.3. The third-order valence-corrected chi connectivity index (χ3v) is 2.94. The fourth-order valence-corrected chi connectivity index (χ4v) is 1.91. The maximum absolute atomic E-state index is 11.3. The summed E-state index contributed by atoms with van der Waals surface area (Å²) in [7, 11) is 0. The Morgan fingerprint density at radius 1 is 1.33 bits per heavy atom. The van der Waals surface area contributed by atoms with Gasteiger partial charge >= 0.3 is 0 Å². The number of hydrogen-bond donors (Lipinski definition) is 3. The molecule has 0 atom stereocenters. The van der Waals surface area contributed by atoms with Crippen molar-refractivity contribution in [1.29, 1.82) is 0 Å². The van der Waals surface area contributed by atoms with Crippen LogP contribution in [0.2, 0.25) is 0 Å². The average Bonchev–Trinajstić information content (AvgIpc) is 2.25. The van der Waals surface area contributed by atoms with E-state index in [0.717, 1.165) is 38.8 Å². The Labute approximate surface area is 91.4 Å². The van der Waals surface area contributed by atoms with Crippen LogP contribution < -0.4 is 10.6 Å². The van der Waals surface area contributed by atoms with Gasteiger partial charge in [0.25, 0.3) is 0 Å². The van der Waals surface area contributed by atoms with Crippen molar-refractivity contribution < 1.29 is 9.90 Å². The molecule has 4 heteroatoms. The van der Waals surface area contributed by atoms with E-state index in [4.69, 9.17) is 0 Å². The van der Waals surface area contributed by atoms with Gasteiger partial charge in [-0.25, -0.2) is 0 Å². The summed E-state index contributed by atoms with van der Waals surface area (Å²) in [5, 5.41) is 15.2. The van der Waals surface area contributed by atoms with Crippen LogP contribution in [0.25, 0.3) is 0 Å². The fraction of sp³-hybridized carbons (Fsp3) is 0.909. The first-order valence-corrected chi connectivity index (χ1v) is 5.87. The van der Waals surface area contributed by atoms with E-state index in [1.807, 2.05) is 6.92 Å². The molecule has 0 aromatic carbocycles. The number of carbonyl (C=O) groups is 1. The van der Waals surface area contributed by atoms with Crippen LogP contribution in [0.5, 0.6) is 0 Å². The molecule has 15 heavy (non-hydrogen) atoms. The lowest BCUT2D eigenvalue weighted by molar-refractivity contribution is -0.120. The summed E-state index contributed by atoms with van der Waals surface area (Å²) in [5.74, 6) is 0.627. The molecule has 0 aliphatic heterocycles. The molecule has 4 nitrogen and oxygen atoms in total. The molecule has 0 bridgehead atoms. The van der Waals surface area contributed by atoms with Crippen LogP contribution in [0.4, 0.5) is 0 Å². The van der Waals surface area contributed by atoms with Gasteiger partial charge in [0.1, 0.15) is 0 Å². The van der Waals surface area contributed by atoms with E-state index >= 15 is 0 Å². The predicted octanol–water partition coefficient (Wildman–Crippen LogP) is 0.263. The number of aliphatic hydroxyl groups excluding tert-OH is 1. The van der Waals surface area contributed by atoms with Gasteiger partial charge in [-0.15, -0.1) is 0 Å². The van der Waals surface area contributed by atoms with Crippen molar-refractivity contribution in [3.63, 3.8) is 0 Å². The summed E-state index contributed by atoms with van der Waals surface area (Å²) < 4.78 is 0. The number of hydrogen-bond acceptors (Lipinski definition) is 3. The highest BCUT2D eigenvalue weighted by molar-refractivity contribution is 5.77. The molecule has 1 aliphatic carbocycles. The second-order valence-electron chi connectivity index (χ2n) is 4.26. The molecule has 0 aromatic heterocycles. The van der Waals surface area contributed by atoms with E-state index in [0.29, 0.717) is 12.5 Å². The monoisotopic (exact) mass is 214 g/mol. The molecule has 88 valence electrons. The predicted molar refractivity (Wildman–Crippen MR) is 59.5 cm³/mol. The number of likely N-dealkylation sites (N-methyl/N-ethyl adjacent to an activating group) is 1. The summed E-state index contributed by atoms with van der Waals surface area (Å²) in [6, 6.07) is 0. The minimum atomic E-state index is -0.112. The Kier molecular flexibility index (Phi) is 5.65. The van der Waals surface area contributed by atoms with Gasteiger partial charge in [-0.2, -0.15) is 0 Å². The van der Waals surface area contributed by atoms with Crippen LogP contribution in [0.15, 0.2) is 0 Å². The van der Waals surface area contributed by atoms with Crippen molar-refractivity contribution in [1.82, 2.24) is 10.6 Å². The number of carbonyl (C=O) groups excluding carboxylic acids is 1. The number of amides is 1. The van der Waals surface area contributed by atoms with Crippen molar-refractivity contribution >= 4 is 5.91 Å². The van der Waals surface area contributed by atoms with Crippen LogP contribution in [0.1, 0.15) is 32.6 Å². The molecule has 0 aromatic rings. The summed E-state index contributed by atoms with van der Waals surface area (Å²) >= 11 is 0. The highest BCUT2D eigenvalue weighted by Gasteiger charge is 2.19. The van der Waals surface area contributed by atoms with Gasteiger partial charge in [-0.05, 0) is 38.1 Å². The van der Waals surface area contributed by atoms with E-state index in [1.165, 1.54) is 0 Å². The normalized spacial score (nSPS) is 26.3. The molecule has 0 radical (unpaired) electrons. The molecular formula is C11H22N2O2. The average molecular weight is 214 g/mol. The van der Waals surface area contributed by atoms with E-state index in [2.05, 4.69) is 10.6 Å². The minimum Gasteiger partial charge on any atom is -0.393 e. The lowest BCUT2D eigenvalue weighted by atomic mass is 9.87. The van der Waals surface area contributed by atoms with Gasteiger partial charge in [0, 0.05) is 6.54 Å². The molecule has 0 spiro atoms. The summed E-state index contributed by atoms with van der Waals surface area (Å²) in [5.41, 5.74) is 0. The number of nitrogens with one attached hydrogen (secondary N) is 2. The van der Waals surface area contributed by atoms with E-state index in [1.54, 1.807) is 0 Å². The van der Waals surface area contributed by atoms with Crippen LogP contribution in [0, 0.1) is 5.92 Å². The van der Waals surface area contributed by atoms with Gasteiger partial charge in [0.15, 0.2) is 0 Å². The van der Waals surface area contributed by atoms with Gasteiger partial charge in [0.05, 0.1) is 12.6 Å². The molecule has 0 saturated heterocycles. The lowest BCUT2D eigenvalue weighted by Crippen LogP contribution is -2.37. The molecule has 1 fully saturated rings. The zero-order chi connectivity index (χ0) is 11.1. The Hall–Kier alpha value is -0.610. The van der Waals surface area contributed by atoms with E-state index in [-0.39, 0.29) is 12.0 Å². The molecule has 1 amide bonds. The Morgan fingerprint density at radius 2 is 2.00 bits per heavy atom. The van der Waals surface area contributed by atoms with Crippen molar-refractivity contribution in [3.8, 4) is 0 Å². The standard InChI is InChI=1S/C11H22N2O2/c1-2-12-8-11(15)13-7-9-3-5-10(14)6-4-9/h9-10,12,14H,2-8H2,1H3,(H,13,15). The van der Waals surface area contributed by atoms with Gasteiger partial charge < -0.3 is 15.7 Å².